The molecule has 0 saturated carbocycles. The molecule has 106 valence electrons. The van der Waals surface area contributed by atoms with Crippen molar-refractivity contribution >= 4 is 38.4 Å². The summed E-state index contributed by atoms with van der Waals surface area (Å²) in [5, 5.41) is 3.89. The molecule has 0 bridgehead atoms. The quantitative estimate of drug-likeness (QED) is 0.748. The molecule has 0 fully saturated rings. The van der Waals surface area contributed by atoms with Crippen LogP contribution >= 0.6 is 15.9 Å². The first-order chi connectivity index (χ1) is 10.2. The average Bonchev–Trinajstić information content (AvgIpc) is 2.97. The van der Waals surface area contributed by atoms with E-state index in [4.69, 9.17) is 4.74 Å². The normalized spacial score (nSPS) is 10.6. The molecule has 1 aromatic heterocycles. The molecule has 21 heavy (non-hydrogen) atoms. The van der Waals surface area contributed by atoms with Gasteiger partial charge in [0, 0.05) is 23.3 Å². The average molecular weight is 345 g/mol. The van der Waals surface area contributed by atoms with Crippen LogP contribution < -0.4 is 10.1 Å². The number of amides is 1. The van der Waals surface area contributed by atoms with Crippen LogP contribution in [0.25, 0.3) is 10.9 Å². The van der Waals surface area contributed by atoms with E-state index in [1.807, 2.05) is 36.5 Å². The Morgan fingerprint density at radius 1 is 1.24 bits per heavy atom. The molecule has 0 aliphatic heterocycles. The van der Waals surface area contributed by atoms with Crippen molar-refractivity contribution in [1.29, 1.82) is 0 Å². The Morgan fingerprint density at radius 2 is 2.10 bits per heavy atom. The summed E-state index contributed by atoms with van der Waals surface area (Å²) in [6.45, 7) is 0. The fraction of sp³-hybridized carbons (Fsp3) is 0.0625. The van der Waals surface area contributed by atoms with Gasteiger partial charge >= 0.3 is 0 Å². The van der Waals surface area contributed by atoms with E-state index < -0.39 is 0 Å². The molecule has 0 saturated heterocycles. The predicted molar refractivity (Wildman–Crippen MR) is 86.9 cm³/mol. The molecule has 0 radical (unpaired) electrons. The van der Waals surface area contributed by atoms with E-state index in [2.05, 4.69) is 26.2 Å². The first kappa shape index (κ1) is 13.7. The molecular formula is C16H13BrN2O2. The third kappa shape index (κ3) is 2.64. The largest absolute Gasteiger partial charge is 0.495 e. The zero-order chi connectivity index (χ0) is 14.8. The highest BCUT2D eigenvalue weighted by Gasteiger charge is 2.11. The number of carbonyl (C=O) groups is 1. The maximum Gasteiger partial charge on any atom is 0.257 e. The van der Waals surface area contributed by atoms with Crippen molar-refractivity contribution in [3.63, 3.8) is 0 Å². The van der Waals surface area contributed by atoms with Gasteiger partial charge in [0.15, 0.2) is 0 Å². The van der Waals surface area contributed by atoms with Crippen LogP contribution in [0.5, 0.6) is 5.75 Å². The van der Waals surface area contributed by atoms with E-state index in [0.29, 0.717) is 17.0 Å². The Balaban J connectivity index is 1.91. The molecule has 3 aromatic rings. The highest BCUT2D eigenvalue weighted by atomic mass is 79.9. The van der Waals surface area contributed by atoms with Crippen LogP contribution in [0.15, 0.2) is 53.1 Å². The zero-order valence-corrected chi connectivity index (χ0v) is 12.9. The van der Waals surface area contributed by atoms with Gasteiger partial charge in [0.05, 0.1) is 22.7 Å². The van der Waals surface area contributed by atoms with Gasteiger partial charge in [-0.2, -0.15) is 0 Å². The second kappa shape index (κ2) is 5.61. The third-order valence-electron chi connectivity index (χ3n) is 3.24. The molecule has 2 N–H and O–H groups in total. The number of para-hydroxylation sites is 1. The molecule has 1 amide bonds. The molecule has 5 heteroatoms. The molecule has 0 aliphatic rings. The summed E-state index contributed by atoms with van der Waals surface area (Å²) in [5.74, 6) is 0.512. The number of halogens is 1. The Kier molecular flexibility index (Phi) is 3.66. The highest BCUT2D eigenvalue weighted by molar-refractivity contribution is 9.10. The Hall–Kier alpha value is -2.27. The Morgan fingerprint density at radius 3 is 2.90 bits per heavy atom. The number of anilines is 1. The topological polar surface area (TPSA) is 54.1 Å². The molecule has 1 heterocycles. The first-order valence-electron chi connectivity index (χ1n) is 6.40. The zero-order valence-electron chi connectivity index (χ0n) is 11.3. The van der Waals surface area contributed by atoms with Crippen molar-refractivity contribution in [3.8, 4) is 5.75 Å². The van der Waals surface area contributed by atoms with E-state index >= 15 is 0 Å². The lowest BCUT2D eigenvalue weighted by molar-refractivity contribution is 0.102. The monoisotopic (exact) mass is 344 g/mol. The van der Waals surface area contributed by atoms with Gasteiger partial charge in [0.2, 0.25) is 0 Å². The summed E-state index contributed by atoms with van der Waals surface area (Å²) in [6.07, 6.45) is 1.82. The van der Waals surface area contributed by atoms with Gasteiger partial charge in [-0.05, 0) is 40.2 Å². The standard InChI is InChI=1S/C16H13BrN2O2/c1-21-14-9-11(5-6-13(14)17)19-16(20)12-4-2-3-10-7-8-18-15(10)12/h2-9,18H,1H3,(H,19,20). The van der Waals surface area contributed by atoms with Crippen LogP contribution in [-0.4, -0.2) is 18.0 Å². The van der Waals surface area contributed by atoms with Crippen LogP contribution in [0.1, 0.15) is 10.4 Å². The predicted octanol–water partition coefficient (Wildman–Crippen LogP) is 4.19. The molecule has 3 rings (SSSR count). The van der Waals surface area contributed by atoms with Crippen molar-refractivity contribution in [1.82, 2.24) is 4.98 Å². The van der Waals surface area contributed by atoms with Crippen LogP contribution in [0.3, 0.4) is 0 Å². The van der Waals surface area contributed by atoms with Crippen molar-refractivity contribution in [2.24, 2.45) is 0 Å². The number of aromatic amines is 1. The number of hydrogen-bond acceptors (Lipinski definition) is 2. The molecule has 0 spiro atoms. The van der Waals surface area contributed by atoms with E-state index in [0.717, 1.165) is 15.4 Å². The van der Waals surface area contributed by atoms with Crippen LogP contribution in [-0.2, 0) is 0 Å². The second-order valence-corrected chi connectivity index (χ2v) is 5.41. The minimum Gasteiger partial charge on any atom is -0.495 e. The van der Waals surface area contributed by atoms with Gasteiger partial charge in [-0.25, -0.2) is 0 Å². The fourth-order valence-corrected chi connectivity index (χ4v) is 2.62. The van der Waals surface area contributed by atoms with Gasteiger partial charge in [0.25, 0.3) is 5.91 Å². The molecule has 0 atom stereocenters. The third-order valence-corrected chi connectivity index (χ3v) is 3.90. The van der Waals surface area contributed by atoms with E-state index in [-0.39, 0.29) is 5.91 Å². The molecule has 0 aliphatic carbocycles. The van der Waals surface area contributed by atoms with Gasteiger partial charge in [-0.3, -0.25) is 4.79 Å². The van der Waals surface area contributed by atoms with Gasteiger partial charge in [0.1, 0.15) is 5.75 Å². The lowest BCUT2D eigenvalue weighted by Gasteiger charge is -2.09. The van der Waals surface area contributed by atoms with E-state index in [1.54, 1.807) is 19.2 Å². The SMILES string of the molecule is COc1cc(NC(=O)c2cccc3cc[nH]c23)ccc1Br. The molecule has 0 unspecified atom stereocenters. The molecule has 4 nitrogen and oxygen atoms in total. The number of fused-ring (bicyclic) bond motifs is 1. The van der Waals surface area contributed by atoms with Crippen molar-refractivity contribution in [2.45, 2.75) is 0 Å². The van der Waals surface area contributed by atoms with Crippen LogP contribution in [0, 0.1) is 0 Å². The number of hydrogen-bond donors (Lipinski definition) is 2. The van der Waals surface area contributed by atoms with Crippen LogP contribution in [0.2, 0.25) is 0 Å². The number of ether oxygens (including phenoxy) is 1. The van der Waals surface area contributed by atoms with Crippen molar-refractivity contribution < 1.29 is 9.53 Å². The maximum absolute atomic E-state index is 12.4. The van der Waals surface area contributed by atoms with Gasteiger partial charge in [-0.15, -0.1) is 0 Å². The minimum atomic E-state index is -0.160. The number of nitrogens with one attached hydrogen (secondary N) is 2. The summed E-state index contributed by atoms with van der Waals surface area (Å²) >= 11 is 3.39. The molecule has 2 aromatic carbocycles. The summed E-state index contributed by atoms with van der Waals surface area (Å²) in [7, 11) is 1.59. The number of H-pyrrole nitrogens is 1. The van der Waals surface area contributed by atoms with Crippen LogP contribution in [0.4, 0.5) is 5.69 Å². The number of carbonyl (C=O) groups excluding carboxylic acids is 1. The lowest BCUT2D eigenvalue weighted by Crippen LogP contribution is -2.12. The van der Waals surface area contributed by atoms with Gasteiger partial charge in [-0.1, -0.05) is 12.1 Å². The first-order valence-corrected chi connectivity index (χ1v) is 7.19. The molecular weight excluding hydrogens is 332 g/mol. The lowest BCUT2D eigenvalue weighted by atomic mass is 10.1. The summed E-state index contributed by atoms with van der Waals surface area (Å²) < 4.78 is 6.07. The van der Waals surface area contributed by atoms with Gasteiger partial charge < -0.3 is 15.0 Å². The van der Waals surface area contributed by atoms with Crippen molar-refractivity contribution in [2.75, 3.05) is 12.4 Å². The number of aromatic nitrogens is 1. The summed E-state index contributed by atoms with van der Waals surface area (Å²) in [5.41, 5.74) is 2.13. The van der Waals surface area contributed by atoms with Crippen molar-refractivity contribution in [3.05, 3.63) is 58.7 Å². The Labute approximate surface area is 130 Å². The summed E-state index contributed by atoms with van der Waals surface area (Å²) in [6, 6.07) is 13.0. The number of benzene rings is 2. The highest BCUT2D eigenvalue weighted by Crippen LogP contribution is 2.28. The van der Waals surface area contributed by atoms with E-state index in [1.165, 1.54) is 0 Å². The second-order valence-electron chi connectivity index (χ2n) is 4.55. The number of rotatable bonds is 3. The number of methoxy groups -OCH3 is 1. The minimum absolute atomic E-state index is 0.160. The summed E-state index contributed by atoms with van der Waals surface area (Å²) in [4.78, 5) is 15.5. The Bertz CT molecular complexity index is 811. The van der Waals surface area contributed by atoms with E-state index in [9.17, 15) is 4.79 Å². The maximum atomic E-state index is 12.4. The smallest absolute Gasteiger partial charge is 0.257 e. The fourth-order valence-electron chi connectivity index (χ4n) is 2.21.